The molecule has 1 amide bonds. The van der Waals surface area contributed by atoms with Gasteiger partial charge in [-0.25, -0.2) is 13.1 Å². The highest BCUT2D eigenvalue weighted by Gasteiger charge is 2.16. The molecule has 7 heteroatoms. The standard InChI is InChI=1S/C15H21N3O3S/c1-9-7-10(2)13-12(8-9)11(3)14(18-13)15(19)17-5-6-22(20,21)16-4/h7-8,16,18H,5-6H2,1-4H3,(H,17,19). The zero-order valence-electron chi connectivity index (χ0n) is 13.2. The molecule has 1 aromatic heterocycles. The fourth-order valence-electron chi connectivity index (χ4n) is 2.50. The third-order valence-corrected chi connectivity index (χ3v) is 5.07. The number of hydrogen-bond donors (Lipinski definition) is 3. The van der Waals surface area contributed by atoms with Crippen LogP contribution in [0.4, 0.5) is 0 Å². The Morgan fingerprint density at radius 1 is 1.23 bits per heavy atom. The lowest BCUT2D eigenvalue weighted by Gasteiger charge is -2.05. The van der Waals surface area contributed by atoms with E-state index < -0.39 is 10.0 Å². The average molecular weight is 323 g/mol. The van der Waals surface area contributed by atoms with Crippen LogP contribution in [-0.4, -0.2) is 38.7 Å². The molecule has 0 saturated heterocycles. The third kappa shape index (κ3) is 3.31. The summed E-state index contributed by atoms with van der Waals surface area (Å²) in [6.07, 6.45) is 0. The summed E-state index contributed by atoms with van der Waals surface area (Å²) >= 11 is 0. The number of aryl methyl sites for hydroxylation is 3. The van der Waals surface area contributed by atoms with Crippen molar-refractivity contribution >= 4 is 26.8 Å². The van der Waals surface area contributed by atoms with Crippen LogP contribution in [0.3, 0.4) is 0 Å². The van der Waals surface area contributed by atoms with Crippen LogP contribution in [0.2, 0.25) is 0 Å². The molecule has 1 heterocycles. The number of aromatic nitrogens is 1. The van der Waals surface area contributed by atoms with E-state index in [0.717, 1.165) is 27.6 Å². The highest BCUT2D eigenvalue weighted by Crippen LogP contribution is 2.25. The van der Waals surface area contributed by atoms with Crippen molar-refractivity contribution in [2.45, 2.75) is 20.8 Å². The van der Waals surface area contributed by atoms with E-state index in [0.29, 0.717) is 5.69 Å². The number of nitrogens with one attached hydrogen (secondary N) is 3. The molecule has 0 bridgehead atoms. The number of carbonyl (C=O) groups excluding carboxylic acids is 1. The Labute approximate surface area is 130 Å². The first-order chi connectivity index (χ1) is 10.2. The highest BCUT2D eigenvalue weighted by atomic mass is 32.2. The molecule has 0 spiro atoms. The number of rotatable bonds is 5. The Bertz CT molecular complexity index is 822. The van der Waals surface area contributed by atoms with Crippen molar-refractivity contribution in [3.63, 3.8) is 0 Å². The molecule has 0 atom stereocenters. The monoisotopic (exact) mass is 323 g/mol. The normalized spacial score (nSPS) is 11.8. The van der Waals surface area contributed by atoms with Crippen LogP contribution in [-0.2, 0) is 10.0 Å². The first kappa shape index (κ1) is 16.5. The molecule has 0 saturated carbocycles. The molecule has 3 N–H and O–H groups in total. The van der Waals surface area contributed by atoms with Crippen LogP contribution in [0.15, 0.2) is 12.1 Å². The van der Waals surface area contributed by atoms with Gasteiger partial charge in [-0.3, -0.25) is 4.79 Å². The van der Waals surface area contributed by atoms with Crippen molar-refractivity contribution in [2.75, 3.05) is 19.3 Å². The number of carbonyl (C=O) groups is 1. The Kier molecular flexibility index (Phi) is 4.58. The average Bonchev–Trinajstić information content (AvgIpc) is 2.76. The van der Waals surface area contributed by atoms with Crippen molar-refractivity contribution < 1.29 is 13.2 Å². The Balaban J connectivity index is 2.22. The van der Waals surface area contributed by atoms with Crippen molar-refractivity contribution in [2.24, 2.45) is 0 Å². The Hall–Kier alpha value is -1.86. The lowest BCUT2D eigenvalue weighted by molar-refractivity contribution is 0.0951. The number of benzene rings is 1. The van der Waals surface area contributed by atoms with Gasteiger partial charge in [0.1, 0.15) is 5.69 Å². The molecule has 0 fully saturated rings. The van der Waals surface area contributed by atoms with Gasteiger partial charge in [-0.1, -0.05) is 11.6 Å². The molecule has 0 radical (unpaired) electrons. The zero-order chi connectivity index (χ0) is 16.5. The van der Waals surface area contributed by atoms with Gasteiger partial charge in [0.05, 0.1) is 5.75 Å². The SMILES string of the molecule is CNS(=O)(=O)CCNC(=O)c1[nH]c2c(C)cc(C)cc2c1C. The molecule has 6 nitrogen and oxygen atoms in total. The second-order valence-corrected chi connectivity index (χ2v) is 7.45. The fourth-order valence-corrected chi connectivity index (χ4v) is 3.07. The quantitative estimate of drug-likeness (QED) is 0.776. The smallest absolute Gasteiger partial charge is 0.268 e. The van der Waals surface area contributed by atoms with Gasteiger partial charge in [0, 0.05) is 17.4 Å². The van der Waals surface area contributed by atoms with E-state index in [1.807, 2.05) is 26.8 Å². The number of hydrogen-bond acceptors (Lipinski definition) is 3. The minimum atomic E-state index is -3.32. The maximum absolute atomic E-state index is 12.2. The van der Waals surface area contributed by atoms with E-state index in [-0.39, 0.29) is 18.2 Å². The van der Waals surface area contributed by atoms with Crippen LogP contribution in [0.5, 0.6) is 0 Å². The number of amides is 1. The predicted molar refractivity (Wildman–Crippen MR) is 87.7 cm³/mol. The summed E-state index contributed by atoms with van der Waals surface area (Å²) in [6, 6.07) is 4.09. The first-order valence-electron chi connectivity index (χ1n) is 7.04. The van der Waals surface area contributed by atoms with Crippen molar-refractivity contribution in [1.29, 1.82) is 0 Å². The van der Waals surface area contributed by atoms with E-state index in [9.17, 15) is 13.2 Å². The molecule has 0 unspecified atom stereocenters. The summed E-state index contributed by atoms with van der Waals surface area (Å²) in [4.78, 5) is 15.4. The summed E-state index contributed by atoms with van der Waals surface area (Å²) in [5, 5.41) is 3.65. The van der Waals surface area contributed by atoms with Crippen molar-refractivity contribution in [1.82, 2.24) is 15.0 Å². The number of aromatic amines is 1. The van der Waals surface area contributed by atoms with Crippen LogP contribution in [0, 0.1) is 20.8 Å². The Morgan fingerprint density at radius 2 is 1.91 bits per heavy atom. The minimum absolute atomic E-state index is 0.0643. The number of sulfonamides is 1. The second kappa shape index (κ2) is 6.10. The molecule has 120 valence electrons. The van der Waals surface area contributed by atoms with Crippen LogP contribution in [0.25, 0.3) is 10.9 Å². The molecule has 0 aliphatic heterocycles. The summed E-state index contributed by atoms with van der Waals surface area (Å²) < 4.78 is 24.9. The van der Waals surface area contributed by atoms with Crippen LogP contribution >= 0.6 is 0 Å². The molecule has 22 heavy (non-hydrogen) atoms. The van der Waals surface area contributed by atoms with Crippen molar-refractivity contribution in [3.8, 4) is 0 Å². The van der Waals surface area contributed by atoms with E-state index in [1.54, 1.807) is 0 Å². The molecule has 2 aromatic rings. The molecule has 2 rings (SSSR count). The number of H-pyrrole nitrogens is 1. The summed E-state index contributed by atoms with van der Waals surface area (Å²) in [7, 11) is -1.97. The maximum atomic E-state index is 12.2. The van der Waals surface area contributed by atoms with Crippen LogP contribution in [0.1, 0.15) is 27.2 Å². The van der Waals surface area contributed by atoms with E-state index in [1.165, 1.54) is 7.05 Å². The van der Waals surface area contributed by atoms with Gasteiger partial charge in [0.15, 0.2) is 0 Å². The topological polar surface area (TPSA) is 91.1 Å². The minimum Gasteiger partial charge on any atom is -0.350 e. The van der Waals surface area contributed by atoms with E-state index >= 15 is 0 Å². The highest BCUT2D eigenvalue weighted by molar-refractivity contribution is 7.89. The third-order valence-electron chi connectivity index (χ3n) is 3.70. The van der Waals surface area contributed by atoms with Gasteiger partial charge in [-0.05, 0) is 45.0 Å². The fraction of sp³-hybridized carbons (Fsp3) is 0.400. The maximum Gasteiger partial charge on any atom is 0.268 e. The number of fused-ring (bicyclic) bond motifs is 1. The van der Waals surface area contributed by atoms with Gasteiger partial charge in [-0.15, -0.1) is 0 Å². The van der Waals surface area contributed by atoms with Gasteiger partial charge in [0.25, 0.3) is 5.91 Å². The lowest BCUT2D eigenvalue weighted by atomic mass is 10.1. The summed E-state index contributed by atoms with van der Waals surface area (Å²) in [6.45, 7) is 5.96. The second-order valence-electron chi connectivity index (χ2n) is 5.41. The summed E-state index contributed by atoms with van der Waals surface area (Å²) in [5.41, 5.74) is 4.51. The van der Waals surface area contributed by atoms with Gasteiger partial charge in [0.2, 0.25) is 10.0 Å². The Morgan fingerprint density at radius 3 is 2.55 bits per heavy atom. The van der Waals surface area contributed by atoms with Crippen LogP contribution < -0.4 is 10.0 Å². The molecule has 1 aromatic carbocycles. The lowest BCUT2D eigenvalue weighted by Crippen LogP contribution is -2.33. The van der Waals surface area contributed by atoms with E-state index in [2.05, 4.69) is 21.1 Å². The van der Waals surface area contributed by atoms with E-state index in [4.69, 9.17) is 0 Å². The zero-order valence-corrected chi connectivity index (χ0v) is 14.0. The molecule has 0 aliphatic carbocycles. The van der Waals surface area contributed by atoms with Crippen molar-refractivity contribution in [3.05, 3.63) is 34.5 Å². The van der Waals surface area contributed by atoms with Gasteiger partial charge in [-0.2, -0.15) is 0 Å². The summed E-state index contributed by atoms with van der Waals surface area (Å²) in [5.74, 6) is -0.441. The molecule has 0 aliphatic rings. The van der Waals surface area contributed by atoms with Gasteiger partial charge < -0.3 is 10.3 Å². The van der Waals surface area contributed by atoms with Gasteiger partial charge >= 0.3 is 0 Å². The molecular weight excluding hydrogens is 302 g/mol. The molecular formula is C15H21N3O3S. The largest absolute Gasteiger partial charge is 0.350 e. The predicted octanol–water partition coefficient (Wildman–Crippen LogP) is 1.37. The first-order valence-corrected chi connectivity index (χ1v) is 8.69.